The number of carboxylic acid groups (broad SMARTS) is 1. The number of carbonyl (C=O) groups is 2. The number of alkyl halides is 1. The number of hydrogen-bond acceptors (Lipinski definition) is 5. The van der Waals surface area contributed by atoms with E-state index in [1.165, 1.54) is 6.92 Å². The van der Waals surface area contributed by atoms with Crippen molar-refractivity contribution in [2.24, 2.45) is 11.7 Å². The normalized spacial score (nSPS) is 14.8. The molecule has 0 fully saturated rings. The zero-order valence-corrected chi connectivity index (χ0v) is 12.9. The summed E-state index contributed by atoms with van der Waals surface area (Å²) in [6, 6.07) is 5.69. The minimum absolute atomic E-state index is 0.0668. The lowest BCUT2D eigenvalue weighted by Crippen LogP contribution is -2.33. The van der Waals surface area contributed by atoms with Gasteiger partial charge in [0.05, 0.1) is 18.6 Å². The number of benzene rings is 1. The third-order valence-corrected chi connectivity index (χ3v) is 3.49. The summed E-state index contributed by atoms with van der Waals surface area (Å²) < 4.78 is 17.7. The molecule has 0 spiro atoms. The Bertz CT molecular complexity index is 516. The van der Waals surface area contributed by atoms with Gasteiger partial charge in [0.1, 0.15) is 24.3 Å². The molecule has 0 saturated carbocycles. The lowest BCUT2D eigenvalue weighted by Gasteiger charge is -2.17. The van der Waals surface area contributed by atoms with Crippen LogP contribution in [0.15, 0.2) is 24.3 Å². The van der Waals surface area contributed by atoms with Gasteiger partial charge in [-0.05, 0) is 37.5 Å². The van der Waals surface area contributed by atoms with E-state index in [9.17, 15) is 19.1 Å². The summed E-state index contributed by atoms with van der Waals surface area (Å²) >= 11 is 0. The fourth-order valence-electron chi connectivity index (χ4n) is 2.04. The maximum absolute atomic E-state index is 12.5. The molecule has 1 rings (SSSR count). The van der Waals surface area contributed by atoms with E-state index in [2.05, 4.69) is 0 Å². The molecule has 0 aromatic heterocycles. The number of Topliss-reactive ketones (excluding diaryl/α,β-unsaturated/α-hetero) is 1. The summed E-state index contributed by atoms with van der Waals surface area (Å²) in [5, 5.41) is 18.1. The SMILES string of the molecule is CC(=O)[C@@H](N)C[C@H](Cc1ccc(OC(CO)CF)cc1)C(=O)O. The molecule has 0 aliphatic heterocycles. The Labute approximate surface area is 134 Å². The van der Waals surface area contributed by atoms with Crippen LogP contribution in [-0.4, -0.2) is 47.4 Å². The van der Waals surface area contributed by atoms with Crippen LogP contribution in [0.2, 0.25) is 0 Å². The van der Waals surface area contributed by atoms with Crippen LogP contribution in [0.1, 0.15) is 18.9 Å². The monoisotopic (exact) mass is 327 g/mol. The highest BCUT2D eigenvalue weighted by molar-refractivity contribution is 5.82. The largest absolute Gasteiger partial charge is 0.485 e. The standard InChI is InChI=1S/C16H22FNO5/c1-10(20)15(18)7-12(16(21)22)6-11-2-4-13(5-3-11)23-14(8-17)9-19/h2-5,12,14-15,19H,6-9,18H2,1H3,(H,21,22)/t12-,14?,15-/m0/s1. The molecule has 3 atom stereocenters. The van der Waals surface area contributed by atoms with Gasteiger partial charge in [-0.2, -0.15) is 0 Å². The van der Waals surface area contributed by atoms with E-state index in [-0.39, 0.29) is 18.6 Å². The summed E-state index contributed by atoms with van der Waals surface area (Å²) in [6.07, 6.45) is -0.623. The number of halogens is 1. The fraction of sp³-hybridized carbons (Fsp3) is 0.500. The van der Waals surface area contributed by atoms with Gasteiger partial charge in [0.2, 0.25) is 0 Å². The van der Waals surface area contributed by atoms with Crippen molar-refractivity contribution in [3.05, 3.63) is 29.8 Å². The average molecular weight is 327 g/mol. The summed E-state index contributed by atoms with van der Waals surface area (Å²) in [6.45, 7) is 0.0999. The second-order valence-electron chi connectivity index (χ2n) is 5.41. The predicted octanol–water partition coefficient (Wildman–Crippen LogP) is 0.945. The van der Waals surface area contributed by atoms with Crippen LogP contribution in [0, 0.1) is 5.92 Å². The van der Waals surface area contributed by atoms with Crippen molar-refractivity contribution in [2.45, 2.75) is 31.9 Å². The van der Waals surface area contributed by atoms with Crippen molar-refractivity contribution in [3.8, 4) is 5.75 Å². The van der Waals surface area contributed by atoms with Crippen molar-refractivity contribution >= 4 is 11.8 Å². The molecular formula is C16H22FNO5. The molecule has 7 heteroatoms. The summed E-state index contributed by atoms with van der Waals surface area (Å²) in [4.78, 5) is 22.5. The number of aliphatic carboxylic acids is 1. The Kier molecular flexibility index (Phi) is 7.64. The number of nitrogens with two attached hydrogens (primary N) is 1. The van der Waals surface area contributed by atoms with Crippen LogP contribution in [0.4, 0.5) is 4.39 Å². The quantitative estimate of drug-likeness (QED) is 0.590. The van der Waals surface area contributed by atoms with E-state index in [0.717, 1.165) is 5.56 Å². The number of carboxylic acids is 1. The van der Waals surface area contributed by atoms with Gasteiger partial charge in [0.15, 0.2) is 0 Å². The molecule has 4 N–H and O–H groups in total. The number of ketones is 1. The van der Waals surface area contributed by atoms with Crippen LogP contribution in [0.3, 0.4) is 0 Å². The molecule has 0 bridgehead atoms. The van der Waals surface area contributed by atoms with Gasteiger partial charge in [-0.15, -0.1) is 0 Å². The maximum Gasteiger partial charge on any atom is 0.306 e. The van der Waals surface area contributed by atoms with Gasteiger partial charge < -0.3 is 20.7 Å². The highest BCUT2D eigenvalue weighted by Crippen LogP contribution is 2.19. The van der Waals surface area contributed by atoms with Crippen LogP contribution in [0.5, 0.6) is 5.75 Å². The van der Waals surface area contributed by atoms with Gasteiger partial charge in [0, 0.05) is 0 Å². The van der Waals surface area contributed by atoms with Crippen LogP contribution >= 0.6 is 0 Å². The van der Waals surface area contributed by atoms with Crippen molar-refractivity contribution in [1.82, 2.24) is 0 Å². The number of carbonyl (C=O) groups excluding carboxylic acids is 1. The lowest BCUT2D eigenvalue weighted by atomic mass is 9.92. The van der Waals surface area contributed by atoms with Crippen LogP contribution < -0.4 is 10.5 Å². The first-order valence-corrected chi connectivity index (χ1v) is 7.28. The number of ether oxygens (including phenoxy) is 1. The summed E-state index contributed by atoms with van der Waals surface area (Å²) in [5.41, 5.74) is 6.36. The van der Waals surface area contributed by atoms with E-state index in [1.54, 1.807) is 24.3 Å². The second kappa shape index (κ2) is 9.22. The molecule has 0 aliphatic carbocycles. The van der Waals surface area contributed by atoms with Crippen molar-refractivity contribution < 1.29 is 28.9 Å². The fourth-order valence-corrected chi connectivity index (χ4v) is 2.04. The number of aliphatic hydroxyl groups excluding tert-OH is 1. The molecule has 0 aliphatic rings. The van der Waals surface area contributed by atoms with E-state index < -0.39 is 37.3 Å². The summed E-state index contributed by atoms with van der Waals surface area (Å²) in [7, 11) is 0. The molecule has 1 aromatic carbocycles. The molecule has 1 unspecified atom stereocenters. The first kappa shape index (κ1) is 19.1. The van der Waals surface area contributed by atoms with Gasteiger partial charge in [0.25, 0.3) is 0 Å². The van der Waals surface area contributed by atoms with Crippen molar-refractivity contribution in [1.29, 1.82) is 0 Å². The molecular weight excluding hydrogens is 305 g/mol. The average Bonchev–Trinajstić information content (AvgIpc) is 2.53. The Morgan fingerprint density at radius 1 is 1.30 bits per heavy atom. The van der Waals surface area contributed by atoms with Gasteiger partial charge in [-0.25, -0.2) is 4.39 Å². The Morgan fingerprint density at radius 3 is 2.35 bits per heavy atom. The lowest BCUT2D eigenvalue weighted by molar-refractivity contribution is -0.142. The zero-order valence-electron chi connectivity index (χ0n) is 12.9. The van der Waals surface area contributed by atoms with Gasteiger partial charge in [-0.1, -0.05) is 12.1 Å². The number of rotatable bonds is 10. The third-order valence-electron chi connectivity index (χ3n) is 3.49. The number of aliphatic hydroxyl groups is 1. The smallest absolute Gasteiger partial charge is 0.306 e. The molecule has 0 saturated heterocycles. The first-order chi connectivity index (χ1) is 10.9. The maximum atomic E-state index is 12.5. The topological polar surface area (TPSA) is 110 Å². The Hall–Kier alpha value is -1.99. The van der Waals surface area contributed by atoms with E-state index in [1.807, 2.05) is 0 Å². The number of hydrogen-bond donors (Lipinski definition) is 3. The molecule has 0 heterocycles. The molecule has 0 amide bonds. The van der Waals surface area contributed by atoms with E-state index >= 15 is 0 Å². The molecule has 1 aromatic rings. The minimum Gasteiger partial charge on any atom is -0.485 e. The van der Waals surface area contributed by atoms with Crippen molar-refractivity contribution in [2.75, 3.05) is 13.3 Å². The first-order valence-electron chi connectivity index (χ1n) is 7.28. The van der Waals surface area contributed by atoms with E-state index in [0.29, 0.717) is 5.75 Å². The molecule has 6 nitrogen and oxygen atoms in total. The molecule has 0 radical (unpaired) electrons. The summed E-state index contributed by atoms with van der Waals surface area (Å²) in [5.74, 6) is -1.64. The molecule has 23 heavy (non-hydrogen) atoms. The zero-order chi connectivity index (χ0) is 17.4. The van der Waals surface area contributed by atoms with E-state index in [4.69, 9.17) is 15.6 Å². The van der Waals surface area contributed by atoms with Crippen molar-refractivity contribution in [3.63, 3.8) is 0 Å². The van der Waals surface area contributed by atoms with Crippen LogP contribution in [0.25, 0.3) is 0 Å². The van der Waals surface area contributed by atoms with Gasteiger partial charge in [-0.3, -0.25) is 9.59 Å². The van der Waals surface area contributed by atoms with Crippen LogP contribution in [-0.2, 0) is 16.0 Å². The highest BCUT2D eigenvalue weighted by atomic mass is 19.1. The Morgan fingerprint density at radius 2 is 1.91 bits per heavy atom. The second-order valence-corrected chi connectivity index (χ2v) is 5.41. The molecule has 128 valence electrons. The minimum atomic E-state index is -1.01. The highest BCUT2D eigenvalue weighted by Gasteiger charge is 2.23. The predicted molar refractivity (Wildman–Crippen MR) is 82.0 cm³/mol. The van der Waals surface area contributed by atoms with Gasteiger partial charge >= 0.3 is 5.97 Å². The third kappa shape index (κ3) is 6.33. The Balaban J connectivity index is 2.70.